The molecule has 2 atom stereocenters. The molecule has 0 aromatic carbocycles. The third-order valence-corrected chi connectivity index (χ3v) is 2.76. The molecule has 86 valence electrons. The summed E-state index contributed by atoms with van der Waals surface area (Å²) in [5.41, 5.74) is -1.26. The quantitative estimate of drug-likeness (QED) is 0.591. The van der Waals surface area contributed by atoms with Crippen LogP contribution in [-0.2, 0) is 4.79 Å². The van der Waals surface area contributed by atoms with Gasteiger partial charge in [-0.15, -0.1) is 0 Å². The van der Waals surface area contributed by atoms with Gasteiger partial charge in [0.2, 0.25) is 0 Å². The van der Waals surface area contributed by atoms with E-state index in [-0.39, 0.29) is 5.92 Å². The number of carbonyl (C=O) groups is 2. The molecule has 0 heterocycles. The molecule has 1 saturated carbocycles. The first-order valence-electron chi connectivity index (χ1n) is 4.23. The summed E-state index contributed by atoms with van der Waals surface area (Å²) < 4.78 is 0. The van der Waals surface area contributed by atoms with E-state index in [2.05, 4.69) is 5.32 Å². The van der Waals surface area contributed by atoms with Crippen molar-refractivity contribution in [1.82, 2.24) is 5.32 Å². The Labute approximate surface area is 75.7 Å². The van der Waals surface area contributed by atoms with Crippen molar-refractivity contribution in [2.75, 3.05) is 0 Å². The Bertz CT molecular complexity index is 245. The Morgan fingerprint density at radius 1 is 1.43 bits per heavy atom. The molecular weight excluding hydrogens is 431 g/mol. The van der Waals surface area contributed by atoms with Crippen LogP contribution in [0.4, 0.5) is 4.79 Å². The summed E-state index contributed by atoms with van der Waals surface area (Å²) in [6.45, 7) is 1.76. The fourth-order valence-corrected chi connectivity index (χ4v) is 1.93. The predicted octanol–water partition coefficient (Wildman–Crippen LogP) is 0.897. The SMILES string of the molecule is CC1CCCC1(NC(=O)O)C(=O)O.[Fm]. The van der Waals surface area contributed by atoms with E-state index < -0.39 is 17.6 Å². The summed E-state index contributed by atoms with van der Waals surface area (Å²) in [6.07, 6.45) is 0.631. The van der Waals surface area contributed by atoms with E-state index in [1.807, 2.05) is 0 Å². The van der Waals surface area contributed by atoms with E-state index in [1.54, 1.807) is 6.92 Å². The fourth-order valence-electron chi connectivity index (χ4n) is 1.93. The molecule has 1 fully saturated rings. The van der Waals surface area contributed by atoms with Crippen molar-refractivity contribution >= 4 is 12.1 Å². The van der Waals surface area contributed by atoms with E-state index in [1.165, 1.54) is 0 Å². The van der Waals surface area contributed by atoms with Gasteiger partial charge in [0.15, 0.2) is 0 Å². The molecule has 0 spiro atoms. The maximum absolute atomic E-state index is 10.9. The van der Waals surface area contributed by atoms with Crippen molar-refractivity contribution in [2.45, 2.75) is 31.7 Å². The molecule has 1 aliphatic rings. The van der Waals surface area contributed by atoms with E-state index >= 15 is 0 Å². The summed E-state index contributed by atoms with van der Waals surface area (Å²) in [4.78, 5) is 21.4. The van der Waals surface area contributed by atoms with Crippen LogP contribution in [-0.4, -0.2) is 27.8 Å². The Morgan fingerprint density at radius 3 is 2.29 bits per heavy atom. The van der Waals surface area contributed by atoms with Gasteiger partial charge in [0.05, 0.1) is 0 Å². The molecule has 5 nitrogen and oxygen atoms in total. The summed E-state index contributed by atoms with van der Waals surface area (Å²) in [5.74, 6) is -1.21. The first-order chi connectivity index (χ1) is 5.99. The topological polar surface area (TPSA) is 86.6 Å². The standard InChI is InChI=1S/C8H13NO4.Fm/c1-5-3-2-4-8(5,6(10)11)9-7(12)13;/h5,9H,2-4H2,1H3,(H,10,11)(H,12,13);. The number of aliphatic carboxylic acids is 1. The van der Waals surface area contributed by atoms with Gasteiger partial charge >= 0.3 is 12.1 Å². The van der Waals surface area contributed by atoms with Crippen LogP contribution in [0.2, 0.25) is 0 Å². The van der Waals surface area contributed by atoms with Crippen LogP contribution < -0.4 is 5.32 Å². The Balaban J connectivity index is 0.00000169. The second-order valence-corrected chi connectivity index (χ2v) is 3.50. The van der Waals surface area contributed by atoms with E-state index in [0.717, 1.165) is 12.8 Å². The molecule has 0 radical (unpaired) electrons. The number of amides is 1. The van der Waals surface area contributed by atoms with Gasteiger partial charge in [-0.05, 0) is 18.8 Å². The van der Waals surface area contributed by atoms with Crippen LogP contribution in [0, 0.1) is 5.92 Å². The summed E-state index contributed by atoms with van der Waals surface area (Å²) in [5, 5.41) is 19.6. The molecule has 1 rings (SSSR count). The Morgan fingerprint density at radius 2 is 2.00 bits per heavy atom. The van der Waals surface area contributed by atoms with Crippen molar-refractivity contribution in [2.24, 2.45) is 5.92 Å². The molecular formula is C8H13FmNO4. The van der Waals surface area contributed by atoms with Gasteiger partial charge < -0.3 is 15.5 Å². The molecule has 1 amide bonds. The first-order valence-corrected chi connectivity index (χ1v) is 4.23. The zero-order valence-corrected chi connectivity index (χ0v) is 10.1. The molecule has 2 unspecified atom stereocenters. The third kappa shape index (κ3) is 1.57. The average Bonchev–Trinajstić information content (AvgIpc) is 2.32. The minimum Gasteiger partial charge on any atom is -0.479 e. The van der Waals surface area contributed by atoms with E-state index in [4.69, 9.17) is 10.2 Å². The monoisotopic (exact) mass is 444 g/mol. The number of carboxylic acids is 1. The van der Waals surface area contributed by atoms with Gasteiger partial charge in [-0.1, -0.05) is 13.3 Å². The Hall–Kier alpha value is -2.26. The normalized spacial score (nSPS) is 30.5. The molecule has 3 N–H and O–H groups in total. The number of carboxylic acid groups (broad SMARTS) is 2. The first kappa shape index (κ1) is 11.7. The van der Waals surface area contributed by atoms with Crippen LogP contribution in [0.25, 0.3) is 0 Å². The molecule has 0 aromatic heterocycles. The summed E-state index contributed by atoms with van der Waals surface area (Å²) in [6, 6.07) is 0. The predicted molar refractivity (Wildman–Crippen MR) is 44.5 cm³/mol. The smallest absolute Gasteiger partial charge is 0.405 e. The Kier molecular flexibility index (Phi) is 3.05. The van der Waals surface area contributed by atoms with Gasteiger partial charge in [0, 0.05) is 0 Å². The van der Waals surface area contributed by atoms with Gasteiger partial charge in [0.1, 0.15) is 5.54 Å². The maximum atomic E-state index is 10.9. The largest absolute Gasteiger partial charge is 0.479 e. The zero-order valence-electron chi connectivity index (χ0n) is 7.70. The molecule has 6 heteroatoms. The van der Waals surface area contributed by atoms with Crippen LogP contribution in [0.1, 0.15) is 26.2 Å². The summed E-state index contributed by atoms with van der Waals surface area (Å²) in [7, 11) is 0. The van der Waals surface area contributed by atoms with Gasteiger partial charge in [-0.3, -0.25) is 0 Å². The fraction of sp³-hybridized carbons (Fsp3) is 0.750. The van der Waals surface area contributed by atoms with Gasteiger partial charge in [-0.2, -0.15) is 0 Å². The van der Waals surface area contributed by atoms with E-state index in [0.29, 0.717) is 6.42 Å². The van der Waals surface area contributed by atoms with E-state index in [9.17, 15) is 9.59 Å². The third-order valence-electron chi connectivity index (χ3n) is 2.76. The minimum atomic E-state index is -1.27. The average molecular weight is 444 g/mol. The number of rotatable bonds is 2. The van der Waals surface area contributed by atoms with Gasteiger partial charge in [0.25, 0.3) is 0 Å². The van der Waals surface area contributed by atoms with Crippen LogP contribution in [0.3, 0.4) is 0 Å². The number of nitrogens with one attached hydrogen (secondary N) is 1. The molecule has 1 aliphatic carbocycles. The second-order valence-electron chi connectivity index (χ2n) is 3.50. The summed E-state index contributed by atoms with van der Waals surface area (Å²) >= 11 is 0. The van der Waals surface area contributed by atoms with Gasteiger partial charge in [-0.25, -0.2) is 9.59 Å². The molecule has 0 aliphatic heterocycles. The van der Waals surface area contributed by atoms with Crippen molar-refractivity contribution in [1.29, 1.82) is 0 Å². The molecule has 0 saturated heterocycles. The van der Waals surface area contributed by atoms with Crippen LogP contribution >= 0.6 is 0 Å². The minimum absolute atomic E-state index is 0. The number of hydrogen-bond donors (Lipinski definition) is 3. The second kappa shape index (κ2) is 3.64. The maximum Gasteiger partial charge on any atom is 0.405 e. The zero-order chi connectivity index (χ0) is 10.1. The van der Waals surface area contributed by atoms with Crippen molar-refractivity contribution in [3.8, 4) is 0 Å². The van der Waals surface area contributed by atoms with Crippen molar-refractivity contribution in [3.05, 3.63) is 0 Å². The molecule has 14 heavy (non-hydrogen) atoms. The van der Waals surface area contributed by atoms with Crippen molar-refractivity contribution < 1.29 is 19.8 Å². The van der Waals surface area contributed by atoms with Crippen LogP contribution in [0.15, 0.2) is 0 Å². The van der Waals surface area contributed by atoms with Crippen LogP contribution in [0.5, 0.6) is 0 Å². The molecule has 0 bridgehead atoms. The van der Waals surface area contributed by atoms with Crippen molar-refractivity contribution in [3.63, 3.8) is 0 Å². The number of hydrogen-bond acceptors (Lipinski definition) is 2. The molecule has 0 aromatic rings.